The second-order valence-electron chi connectivity index (χ2n) is 4.18. The largest absolute Gasteiger partial charge is 0.327 e. The molecule has 1 saturated heterocycles. The van der Waals surface area contributed by atoms with Gasteiger partial charge in [-0.2, -0.15) is 11.8 Å². The zero-order chi connectivity index (χ0) is 10.2. The fourth-order valence-corrected chi connectivity index (χ4v) is 2.90. The quantitative estimate of drug-likeness (QED) is 0.667. The molecular weight excluding hydrogens is 192 g/mol. The minimum atomic E-state index is 0.402. The van der Waals surface area contributed by atoms with Crippen LogP contribution >= 0.6 is 11.8 Å². The average molecular weight is 216 g/mol. The van der Waals surface area contributed by atoms with E-state index in [9.17, 15) is 0 Å². The fourth-order valence-electron chi connectivity index (χ4n) is 1.75. The predicted molar refractivity (Wildman–Crippen MR) is 65.9 cm³/mol. The Kier molecular flexibility index (Phi) is 6.65. The summed E-state index contributed by atoms with van der Waals surface area (Å²) in [6.45, 7) is 3.39. The van der Waals surface area contributed by atoms with E-state index < -0.39 is 0 Å². The third kappa shape index (κ3) is 5.23. The van der Waals surface area contributed by atoms with E-state index >= 15 is 0 Å². The zero-order valence-electron chi connectivity index (χ0n) is 9.30. The van der Waals surface area contributed by atoms with Crippen molar-refractivity contribution in [1.29, 1.82) is 0 Å². The Morgan fingerprint density at radius 3 is 3.00 bits per heavy atom. The van der Waals surface area contributed by atoms with E-state index in [1.54, 1.807) is 0 Å². The van der Waals surface area contributed by atoms with Gasteiger partial charge in [0.15, 0.2) is 0 Å². The lowest BCUT2D eigenvalue weighted by Gasteiger charge is -2.23. The monoisotopic (exact) mass is 216 g/mol. The third-order valence-electron chi connectivity index (χ3n) is 2.88. The molecule has 0 radical (unpaired) electrons. The van der Waals surface area contributed by atoms with E-state index in [4.69, 9.17) is 5.73 Å². The predicted octanol–water partition coefficient (Wildman–Crippen LogP) is 1.99. The molecule has 0 aromatic carbocycles. The average Bonchev–Trinajstić information content (AvgIpc) is 2.25. The molecule has 1 heterocycles. The summed E-state index contributed by atoms with van der Waals surface area (Å²) in [6, 6.07) is 1.19. The molecule has 1 aliphatic rings. The first-order chi connectivity index (χ1) is 6.83. The molecule has 1 fully saturated rings. The minimum Gasteiger partial charge on any atom is -0.327 e. The van der Waals surface area contributed by atoms with E-state index in [-0.39, 0.29) is 0 Å². The van der Waals surface area contributed by atoms with Gasteiger partial charge in [-0.25, -0.2) is 0 Å². The van der Waals surface area contributed by atoms with E-state index in [1.165, 1.54) is 38.0 Å². The van der Waals surface area contributed by atoms with Crippen LogP contribution in [0.1, 0.15) is 39.0 Å². The van der Waals surface area contributed by atoms with Crippen molar-refractivity contribution in [2.45, 2.75) is 51.1 Å². The standard InChI is InChI=1S/C11H24N2S/c1-2-10(12)9-14-8-6-11-5-3-4-7-13-11/h10-11,13H,2-9,12H2,1H3. The Morgan fingerprint density at radius 1 is 1.50 bits per heavy atom. The molecule has 1 rings (SSSR count). The summed E-state index contributed by atoms with van der Waals surface area (Å²) >= 11 is 2.01. The summed E-state index contributed by atoms with van der Waals surface area (Å²) in [5, 5.41) is 3.58. The van der Waals surface area contributed by atoms with Crippen LogP contribution in [0.2, 0.25) is 0 Å². The van der Waals surface area contributed by atoms with Crippen molar-refractivity contribution in [1.82, 2.24) is 5.32 Å². The Labute approximate surface area is 92.4 Å². The van der Waals surface area contributed by atoms with Gasteiger partial charge in [-0.05, 0) is 38.0 Å². The Balaban J connectivity index is 1.92. The van der Waals surface area contributed by atoms with Gasteiger partial charge in [-0.15, -0.1) is 0 Å². The van der Waals surface area contributed by atoms with Gasteiger partial charge in [0, 0.05) is 17.8 Å². The highest BCUT2D eigenvalue weighted by molar-refractivity contribution is 7.99. The number of thioether (sulfide) groups is 1. The molecule has 0 bridgehead atoms. The first-order valence-electron chi connectivity index (χ1n) is 5.89. The minimum absolute atomic E-state index is 0.402. The van der Waals surface area contributed by atoms with Crippen LogP contribution in [-0.2, 0) is 0 Å². The third-order valence-corrected chi connectivity index (χ3v) is 4.07. The van der Waals surface area contributed by atoms with Crippen molar-refractivity contribution < 1.29 is 0 Å². The van der Waals surface area contributed by atoms with Crippen molar-refractivity contribution in [2.24, 2.45) is 5.73 Å². The van der Waals surface area contributed by atoms with Gasteiger partial charge in [0.25, 0.3) is 0 Å². The summed E-state index contributed by atoms with van der Waals surface area (Å²) in [5.74, 6) is 2.40. The van der Waals surface area contributed by atoms with Gasteiger partial charge in [-0.3, -0.25) is 0 Å². The van der Waals surface area contributed by atoms with Crippen LogP contribution < -0.4 is 11.1 Å². The molecule has 2 unspecified atom stereocenters. The first-order valence-corrected chi connectivity index (χ1v) is 7.05. The topological polar surface area (TPSA) is 38.0 Å². The summed E-state index contributed by atoms with van der Waals surface area (Å²) in [6.07, 6.45) is 6.58. The molecule has 0 aromatic rings. The van der Waals surface area contributed by atoms with Crippen LogP contribution in [0.25, 0.3) is 0 Å². The van der Waals surface area contributed by atoms with Crippen LogP contribution in [-0.4, -0.2) is 30.1 Å². The maximum absolute atomic E-state index is 5.86. The van der Waals surface area contributed by atoms with Crippen LogP contribution in [0.15, 0.2) is 0 Å². The van der Waals surface area contributed by atoms with Gasteiger partial charge in [0.2, 0.25) is 0 Å². The number of nitrogens with one attached hydrogen (secondary N) is 1. The molecule has 1 aliphatic heterocycles. The van der Waals surface area contributed by atoms with Crippen molar-refractivity contribution in [3.05, 3.63) is 0 Å². The number of nitrogens with two attached hydrogens (primary N) is 1. The van der Waals surface area contributed by atoms with Crippen LogP contribution in [0, 0.1) is 0 Å². The molecule has 0 spiro atoms. The number of hydrogen-bond donors (Lipinski definition) is 2. The molecule has 0 aromatic heterocycles. The molecule has 2 atom stereocenters. The van der Waals surface area contributed by atoms with Crippen molar-refractivity contribution in [3.63, 3.8) is 0 Å². The van der Waals surface area contributed by atoms with Crippen LogP contribution in [0.3, 0.4) is 0 Å². The fraction of sp³-hybridized carbons (Fsp3) is 1.00. The zero-order valence-corrected chi connectivity index (χ0v) is 10.1. The molecule has 0 saturated carbocycles. The Bertz CT molecular complexity index is 135. The molecule has 3 heteroatoms. The lowest BCUT2D eigenvalue weighted by molar-refractivity contribution is 0.394. The molecule has 2 nitrogen and oxygen atoms in total. The van der Waals surface area contributed by atoms with Crippen molar-refractivity contribution in [2.75, 3.05) is 18.1 Å². The smallest absolute Gasteiger partial charge is 0.0127 e. The van der Waals surface area contributed by atoms with E-state index in [0.717, 1.165) is 18.2 Å². The molecule has 14 heavy (non-hydrogen) atoms. The van der Waals surface area contributed by atoms with Gasteiger partial charge in [0.1, 0.15) is 0 Å². The van der Waals surface area contributed by atoms with Crippen molar-refractivity contribution >= 4 is 11.8 Å². The molecule has 0 amide bonds. The second-order valence-corrected chi connectivity index (χ2v) is 5.33. The summed E-state index contributed by atoms with van der Waals surface area (Å²) in [7, 11) is 0. The normalized spacial score (nSPS) is 24.9. The van der Waals surface area contributed by atoms with Crippen LogP contribution in [0.4, 0.5) is 0 Å². The molecular formula is C11H24N2S. The van der Waals surface area contributed by atoms with E-state index in [0.29, 0.717) is 6.04 Å². The number of piperidine rings is 1. The Morgan fingerprint density at radius 2 is 2.36 bits per heavy atom. The highest BCUT2D eigenvalue weighted by atomic mass is 32.2. The van der Waals surface area contributed by atoms with Gasteiger partial charge in [-0.1, -0.05) is 13.3 Å². The highest BCUT2D eigenvalue weighted by Gasteiger charge is 2.11. The molecule has 3 N–H and O–H groups in total. The second kappa shape index (κ2) is 7.55. The maximum atomic E-state index is 5.86. The van der Waals surface area contributed by atoms with E-state index in [2.05, 4.69) is 12.2 Å². The van der Waals surface area contributed by atoms with Gasteiger partial charge >= 0.3 is 0 Å². The number of hydrogen-bond acceptors (Lipinski definition) is 3. The van der Waals surface area contributed by atoms with Gasteiger partial charge in [0.05, 0.1) is 0 Å². The molecule has 84 valence electrons. The summed E-state index contributed by atoms with van der Waals surface area (Å²) in [4.78, 5) is 0. The van der Waals surface area contributed by atoms with E-state index in [1.807, 2.05) is 11.8 Å². The first kappa shape index (κ1) is 12.3. The summed E-state index contributed by atoms with van der Waals surface area (Å²) < 4.78 is 0. The highest BCUT2D eigenvalue weighted by Crippen LogP contribution is 2.13. The van der Waals surface area contributed by atoms with Crippen molar-refractivity contribution in [3.8, 4) is 0 Å². The van der Waals surface area contributed by atoms with Gasteiger partial charge < -0.3 is 11.1 Å². The SMILES string of the molecule is CCC(N)CSCCC1CCCCN1. The summed E-state index contributed by atoms with van der Waals surface area (Å²) in [5.41, 5.74) is 5.86. The maximum Gasteiger partial charge on any atom is 0.0127 e. The lowest BCUT2D eigenvalue weighted by atomic mass is 10.0. The lowest BCUT2D eigenvalue weighted by Crippen LogP contribution is -2.34. The number of rotatable bonds is 6. The Hall–Kier alpha value is 0.270. The van der Waals surface area contributed by atoms with Crippen LogP contribution in [0.5, 0.6) is 0 Å². The molecule has 0 aliphatic carbocycles.